The molecule has 0 fully saturated rings. The average Bonchev–Trinajstić information content (AvgIpc) is 3.29. The first-order chi connectivity index (χ1) is 12.1. The van der Waals surface area contributed by atoms with E-state index in [1.807, 2.05) is 29.6 Å². The van der Waals surface area contributed by atoms with Crippen LogP contribution < -0.4 is 10.6 Å². The fourth-order valence-corrected chi connectivity index (χ4v) is 2.92. The van der Waals surface area contributed by atoms with Crippen LogP contribution in [0.2, 0.25) is 0 Å². The van der Waals surface area contributed by atoms with E-state index in [4.69, 9.17) is 4.42 Å². The number of thiophene rings is 1. The second kappa shape index (κ2) is 7.96. The van der Waals surface area contributed by atoms with Gasteiger partial charge in [0.1, 0.15) is 5.70 Å². The molecule has 1 aromatic carbocycles. The zero-order chi connectivity index (χ0) is 17.6. The smallest absolute Gasteiger partial charge is 0.291 e. The summed E-state index contributed by atoms with van der Waals surface area (Å²) in [6.07, 6.45) is 3.03. The van der Waals surface area contributed by atoms with E-state index in [0.717, 1.165) is 9.35 Å². The molecule has 3 aromatic rings. The maximum atomic E-state index is 12.6. The van der Waals surface area contributed by atoms with Crippen molar-refractivity contribution in [1.82, 2.24) is 5.32 Å². The van der Waals surface area contributed by atoms with Gasteiger partial charge in [0.25, 0.3) is 11.8 Å². The van der Waals surface area contributed by atoms with Crippen LogP contribution in [0.15, 0.2) is 74.8 Å². The lowest BCUT2D eigenvalue weighted by Gasteiger charge is -2.10. The summed E-state index contributed by atoms with van der Waals surface area (Å²) in [5.41, 5.74) is 0.754. The Morgan fingerprint density at radius 1 is 1.08 bits per heavy atom. The summed E-state index contributed by atoms with van der Waals surface area (Å²) in [5.74, 6) is -0.775. The summed E-state index contributed by atoms with van der Waals surface area (Å²) in [6, 6.07) is 14.0. The van der Waals surface area contributed by atoms with Crippen LogP contribution in [0.5, 0.6) is 0 Å². The molecule has 3 rings (SSSR count). The summed E-state index contributed by atoms with van der Waals surface area (Å²) in [4.78, 5) is 25.7. The first-order valence-corrected chi connectivity index (χ1v) is 8.96. The second-order valence-electron chi connectivity index (χ2n) is 4.97. The Hall–Kier alpha value is -2.64. The Morgan fingerprint density at radius 2 is 1.88 bits per heavy atom. The normalized spacial score (nSPS) is 11.2. The fourth-order valence-electron chi connectivity index (χ4n) is 2.00. The van der Waals surface area contributed by atoms with E-state index in [9.17, 15) is 9.59 Å². The van der Waals surface area contributed by atoms with Crippen molar-refractivity contribution in [2.75, 3.05) is 5.32 Å². The Balaban J connectivity index is 1.81. The number of rotatable bonds is 5. The van der Waals surface area contributed by atoms with Crippen molar-refractivity contribution in [2.24, 2.45) is 0 Å². The standard InChI is InChI=1S/C18H13BrN2O3S/c19-12-5-7-13(8-6-12)20-17(22)15(11-14-3-2-10-25-14)21-18(23)16-4-1-9-24-16/h1-11H,(H,20,22)(H,21,23)/b15-11+. The quantitative estimate of drug-likeness (QED) is 0.600. The van der Waals surface area contributed by atoms with Gasteiger partial charge in [0, 0.05) is 15.0 Å². The maximum Gasteiger partial charge on any atom is 0.291 e. The number of carbonyl (C=O) groups excluding carboxylic acids is 2. The van der Waals surface area contributed by atoms with Gasteiger partial charge >= 0.3 is 0 Å². The molecule has 126 valence electrons. The molecule has 0 saturated carbocycles. The van der Waals surface area contributed by atoms with E-state index >= 15 is 0 Å². The maximum absolute atomic E-state index is 12.6. The van der Waals surface area contributed by atoms with Gasteiger partial charge in [0.15, 0.2) is 5.76 Å². The highest BCUT2D eigenvalue weighted by Gasteiger charge is 2.16. The molecule has 0 aliphatic carbocycles. The summed E-state index contributed by atoms with van der Waals surface area (Å²) in [5, 5.41) is 7.26. The van der Waals surface area contributed by atoms with E-state index in [2.05, 4.69) is 26.6 Å². The van der Waals surface area contributed by atoms with E-state index in [1.165, 1.54) is 23.7 Å². The third-order valence-corrected chi connectivity index (χ3v) is 4.52. The summed E-state index contributed by atoms with van der Waals surface area (Å²) in [7, 11) is 0. The van der Waals surface area contributed by atoms with Crippen molar-refractivity contribution in [3.8, 4) is 0 Å². The lowest BCUT2D eigenvalue weighted by Crippen LogP contribution is -2.30. The van der Waals surface area contributed by atoms with Crippen LogP contribution in [0, 0.1) is 0 Å². The Morgan fingerprint density at radius 3 is 2.52 bits per heavy atom. The van der Waals surface area contributed by atoms with E-state index in [-0.39, 0.29) is 11.5 Å². The largest absolute Gasteiger partial charge is 0.459 e. The molecule has 0 unspecified atom stereocenters. The Labute approximate surface area is 156 Å². The molecule has 0 radical (unpaired) electrons. The highest BCUT2D eigenvalue weighted by molar-refractivity contribution is 9.10. The molecular weight excluding hydrogens is 404 g/mol. The number of nitrogens with one attached hydrogen (secondary N) is 2. The molecule has 0 bridgehead atoms. The molecule has 2 N–H and O–H groups in total. The van der Waals surface area contributed by atoms with Gasteiger partial charge in [-0.05, 0) is 53.9 Å². The lowest BCUT2D eigenvalue weighted by atomic mass is 10.2. The van der Waals surface area contributed by atoms with Crippen LogP contribution in [-0.4, -0.2) is 11.8 Å². The van der Waals surface area contributed by atoms with Gasteiger partial charge < -0.3 is 15.1 Å². The predicted molar refractivity (Wildman–Crippen MR) is 101 cm³/mol. The van der Waals surface area contributed by atoms with Gasteiger partial charge in [-0.1, -0.05) is 22.0 Å². The number of hydrogen-bond acceptors (Lipinski definition) is 4. The number of furan rings is 1. The van der Waals surface area contributed by atoms with Crippen LogP contribution in [0.25, 0.3) is 6.08 Å². The molecule has 0 saturated heterocycles. The number of hydrogen-bond donors (Lipinski definition) is 2. The molecule has 2 heterocycles. The topological polar surface area (TPSA) is 71.3 Å². The van der Waals surface area contributed by atoms with E-state index < -0.39 is 11.8 Å². The predicted octanol–water partition coefficient (Wildman–Crippen LogP) is 4.51. The fraction of sp³-hybridized carbons (Fsp3) is 0. The van der Waals surface area contributed by atoms with Gasteiger partial charge in [-0.15, -0.1) is 11.3 Å². The zero-order valence-electron chi connectivity index (χ0n) is 12.9. The van der Waals surface area contributed by atoms with E-state index in [1.54, 1.807) is 24.3 Å². The molecule has 2 amide bonds. The number of anilines is 1. The number of benzene rings is 1. The SMILES string of the molecule is O=C(Nc1ccc(Br)cc1)/C(=C\c1cccs1)NC(=O)c1ccco1. The molecule has 0 aliphatic heterocycles. The first-order valence-electron chi connectivity index (χ1n) is 7.29. The van der Waals surface area contributed by atoms with Crippen molar-refractivity contribution in [3.63, 3.8) is 0 Å². The van der Waals surface area contributed by atoms with Crippen molar-refractivity contribution >= 4 is 50.8 Å². The van der Waals surface area contributed by atoms with Crippen molar-refractivity contribution < 1.29 is 14.0 Å². The average molecular weight is 417 g/mol. The van der Waals surface area contributed by atoms with Gasteiger partial charge in [-0.2, -0.15) is 0 Å². The minimum absolute atomic E-state index is 0.131. The summed E-state index contributed by atoms with van der Waals surface area (Å²) < 4.78 is 5.98. The third kappa shape index (κ3) is 4.68. The van der Waals surface area contributed by atoms with E-state index in [0.29, 0.717) is 5.69 Å². The minimum Gasteiger partial charge on any atom is -0.459 e. The monoisotopic (exact) mass is 416 g/mol. The highest BCUT2D eigenvalue weighted by Crippen LogP contribution is 2.17. The minimum atomic E-state index is -0.487. The van der Waals surface area contributed by atoms with Crippen LogP contribution in [0.4, 0.5) is 5.69 Å². The molecule has 0 atom stereocenters. The van der Waals surface area contributed by atoms with Crippen LogP contribution in [0.3, 0.4) is 0 Å². The number of carbonyl (C=O) groups is 2. The molecule has 5 nitrogen and oxygen atoms in total. The molecule has 0 aliphatic rings. The summed E-state index contributed by atoms with van der Waals surface area (Å²) in [6.45, 7) is 0. The zero-order valence-corrected chi connectivity index (χ0v) is 15.3. The number of amides is 2. The van der Waals surface area contributed by atoms with Crippen molar-refractivity contribution in [3.05, 3.63) is 81.0 Å². The second-order valence-corrected chi connectivity index (χ2v) is 6.86. The summed E-state index contributed by atoms with van der Waals surface area (Å²) >= 11 is 4.81. The molecule has 2 aromatic heterocycles. The van der Waals surface area contributed by atoms with Gasteiger partial charge in [-0.25, -0.2) is 0 Å². The third-order valence-electron chi connectivity index (χ3n) is 3.17. The Bertz CT molecular complexity index is 885. The van der Waals surface area contributed by atoms with Crippen LogP contribution in [0.1, 0.15) is 15.4 Å². The van der Waals surface area contributed by atoms with Crippen LogP contribution >= 0.6 is 27.3 Å². The molecule has 7 heteroatoms. The highest BCUT2D eigenvalue weighted by atomic mass is 79.9. The Kier molecular flexibility index (Phi) is 5.47. The van der Waals surface area contributed by atoms with Crippen molar-refractivity contribution in [2.45, 2.75) is 0 Å². The first kappa shape index (κ1) is 17.2. The van der Waals surface area contributed by atoms with Gasteiger partial charge in [0.05, 0.1) is 6.26 Å². The van der Waals surface area contributed by atoms with Gasteiger partial charge in [0.2, 0.25) is 0 Å². The lowest BCUT2D eigenvalue weighted by molar-refractivity contribution is -0.113. The van der Waals surface area contributed by atoms with Crippen LogP contribution in [-0.2, 0) is 4.79 Å². The number of halogens is 1. The molecule has 25 heavy (non-hydrogen) atoms. The van der Waals surface area contributed by atoms with Crippen molar-refractivity contribution in [1.29, 1.82) is 0 Å². The van der Waals surface area contributed by atoms with Gasteiger partial charge in [-0.3, -0.25) is 9.59 Å². The molecule has 0 spiro atoms. The molecular formula is C18H13BrN2O3S.